The van der Waals surface area contributed by atoms with Gasteiger partial charge in [-0.15, -0.1) is 0 Å². The molecule has 0 aliphatic carbocycles. The number of aromatic nitrogens is 1. The normalized spacial score (nSPS) is 12.6. The van der Waals surface area contributed by atoms with Crippen molar-refractivity contribution >= 4 is 37.8 Å². The second-order valence-corrected chi connectivity index (χ2v) is 9.22. The van der Waals surface area contributed by atoms with Crippen LogP contribution in [-0.4, -0.2) is 23.5 Å². The Morgan fingerprint density at radius 3 is 2.37 bits per heavy atom. The van der Waals surface area contributed by atoms with Crippen LogP contribution in [-0.2, 0) is 21.0 Å². The summed E-state index contributed by atoms with van der Waals surface area (Å²) in [6, 6.07) is 22.0. The van der Waals surface area contributed by atoms with Crippen LogP contribution in [0.15, 0.2) is 88.7 Å². The van der Waals surface area contributed by atoms with Crippen LogP contribution in [0.3, 0.4) is 0 Å². The Hall–Kier alpha value is -3.27. The number of benzene rings is 3. The molecule has 0 saturated carbocycles. The van der Waals surface area contributed by atoms with Crippen molar-refractivity contribution in [2.75, 3.05) is 0 Å². The van der Waals surface area contributed by atoms with Crippen molar-refractivity contribution in [2.45, 2.75) is 9.79 Å². The third-order valence-corrected chi connectivity index (χ3v) is 6.86. The first kappa shape index (κ1) is 20.0. The number of hydrogen-bond acceptors (Lipinski definition) is 4. The molecule has 1 unspecified atom stereocenters. The maximum atomic E-state index is 12.7. The zero-order valence-corrected chi connectivity index (χ0v) is 17.2. The van der Waals surface area contributed by atoms with E-state index in [9.17, 15) is 17.4 Å². The molecule has 0 aliphatic rings. The van der Waals surface area contributed by atoms with E-state index in [4.69, 9.17) is 5.14 Å². The van der Waals surface area contributed by atoms with Crippen molar-refractivity contribution in [1.82, 2.24) is 9.71 Å². The zero-order chi connectivity index (χ0) is 21.3. The van der Waals surface area contributed by atoms with Gasteiger partial charge in [-0.3, -0.25) is 4.79 Å². The van der Waals surface area contributed by atoms with Crippen LogP contribution in [0.1, 0.15) is 10.4 Å². The number of carbonyl (C=O) groups is 1. The Morgan fingerprint density at radius 1 is 0.933 bits per heavy atom. The summed E-state index contributed by atoms with van der Waals surface area (Å²) in [5, 5.41) is 6.12. The molecule has 0 fully saturated rings. The summed E-state index contributed by atoms with van der Waals surface area (Å²) in [6.45, 7) is 0. The van der Waals surface area contributed by atoms with Crippen LogP contribution in [0.5, 0.6) is 0 Å². The molecule has 0 saturated heterocycles. The maximum Gasteiger partial charge on any atom is 0.265 e. The molecule has 0 spiro atoms. The van der Waals surface area contributed by atoms with Gasteiger partial charge in [0.25, 0.3) is 15.9 Å². The number of nitrogens with two attached hydrogens (primary N) is 1. The largest absolute Gasteiger partial charge is 0.355 e. The second-order valence-electron chi connectivity index (χ2n) is 6.53. The van der Waals surface area contributed by atoms with Gasteiger partial charge >= 0.3 is 0 Å². The van der Waals surface area contributed by atoms with Gasteiger partial charge in [-0.1, -0.05) is 42.5 Å². The Labute approximate surface area is 175 Å². The lowest BCUT2D eigenvalue weighted by molar-refractivity contribution is 0.0981. The van der Waals surface area contributed by atoms with Gasteiger partial charge in [0.1, 0.15) is 15.9 Å². The van der Waals surface area contributed by atoms with Crippen molar-refractivity contribution < 1.29 is 17.4 Å². The molecule has 1 amide bonds. The number of hydrogen-bond donors (Lipinski definition) is 3. The summed E-state index contributed by atoms with van der Waals surface area (Å²) in [4.78, 5) is 15.5. The van der Waals surface area contributed by atoms with Gasteiger partial charge in [-0.05, 0) is 42.0 Å². The monoisotopic (exact) mass is 439 g/mol. The van der Waals surface area contributed by atoms with E-state index < -0.39 is 26.9 Å². The molecule has 4 N–H and O–H groups in total. The van der Waals surface area contributed by atoms with Crippen molar-refractivity contribution in [3.63, 3.8) is 0 Å². The highest BCUT2D eigenvalue weighted by atomic mass is 32.2. The molecular formula is C21H17N3O4S2. The highest BCUT2D eigenvalue weighted by Gasteiger charge is 2.23. The van der Waals surface area contributed by atoms with Crippen LogP contribution in [0, 0.1) is 0 Å². The van der Waals surface area contributed by atoms with Crippen LogP contribution >= 0.6 is 0 Å². The first-order chi connectivity index (χ1) is 14.3. The quantitative estimate of drug-likeness (QED) is 0.442. The smallest absolute Gasteiger partial charge is 0.265 e. The SMILES string of the molecule is NS(=O)c1ccccc1S(=O)(=O)NC(=O)c1ccc2[nH]c(-c3ccccc3)cc2c1. The Morgan fingerprint density at radius 2 is 1.63 bits per heavy atom. The molecule has 3 aromatic carbocycles. The van der Waals surface area contributed by atoms with Gasteiger partial charge in [0.2, 0.25) is 0 Å². The number of aromatic amines is 1. The van der Waals surface area contributed by atoms with E-state index in [1.54, 1.807) is 12.1 Å². The molecule has 7 nitrogen and oxygen atoms in total. The summed E-state index contributed by atoms with van der Waals surface area (Å²) in [5.41, 5.74) is 2.87. The number of nitrogens with one attached hydrogen (secondary N) is 2. The molecule has 152 valence electrons. The lowest BCUT2D eigenvalue weighted by atomic mass is 10.1. The van der Waals surface area contributed by atoms with E-state index >= 15 is 0 Å². The fourth-order valence-electron chi connectivity index (χ4n) is 3.12. The van der Waals surface area contributed by atoms with Crippen LogP contribution < -0.4 is 9.86 Å². The fraction of sp³-hybridized carbons (Fsp3) is 0. The maximum absolute atomic E-state index is 12.7. The number of amides is 1. The van der Waals surface area contributed by atoms with Gasteiger partial charge in [0, 0.05) is 22.2 Å². The minimum atomic E-state index is -4.25. The van der Waals surface area contributed by atoms with Crippen molar-refractivity contribution in [3.05, 3.63) is 84.4 Å². The predicted molar refractivity (Wildman–Crippen MR) is 115 cm³/mol. The highest BCUT2D eigenvalue weighted by Crippen LogP contribution is 2.25. The van der Waals surface area contributed by atoms with Gasteiger partial charge in [-0.2, -0.15) is 0 Å². The lowest BCUT2D eigenvalue weighted by Crippen LogP contribution is -2.31. The van der Waals surface area contributed by atoms with Crippen LogP contribution in [0.25, 0.3) is 22.2 Å². The lowest BCUT2D eigenvalue weighted by Gasteiger charge is -2.10. The van der Waals surface area contributed by atoms with E-state index in [-0.39, 0.29) is 15.4 Å². The van der Waals surface area contributed by atoms with Crippen molar-refractivity contribution in [2.24, 2.45) is 5.14 Å². The molecule has 0 bridgehead atoms. The zero-order valence-electron chi connectivity index (χ0n) is 15.5. The first-order valence-corrected chi connectivity index (χ1v) is 11.6. The van der Waals surface area contributed by atoms with E-state index in [0.717, 1.165) is 22.2 Å². The summed E-state index contributed by atoms with van der Waals surface area (Å²) < 4.78 is 39.0. The highest BCUT2D eigenvalue weighted by molar-refractivity contribution is 7.91. The van der Waals surface area contributed by atoms with Gasteiger partial charge in [-0.25, -0.2) is 22.5 Å². The molecule has 0 radical (unpaired) electrons. The van der Waals surface area contributed by atoms with Gasteiger partial charge < -0.3 is 4.98 Å². The molecule has 0 aliphatic heterocycles. The Balaban J connectivity index is 1.64. The molecular weight excluding hydrogens is 422 g/mol. The van der Waals surface area contributed by atoms with Crippen molar-refractivity contribution in [1.29, 1.82) is 0 Å². The average Bonchev–Trinajstić information content (AvgIpc) is 3.17. The molecule has 4 rings (SSSR count). The van der Waals surface area contributed by atoms with Crippen molar-refractivity contribution in [3.8, 4) is 11.3 Å². The van der Waals surface area contributed by atoms with E-state index in [2.05, 4.69) is 4.98 Å². The van der Waals surface area contributed by atoms with E-state index in [1.165, 1.54) is 30.3 Å². The minimum Gasteiger partial charge on any atom is -0.355 e. The first-order valence-electron chi connectivity index (χ1n) is 8.86. The standard InChI is InChI=1S/C21H17N3O4S2/c22-29(26)19-8-4-5-9-20(19)30(27,28)24-21(25)15-10-11-17-16(12-15)13-18(23-17)14-6-2-1-3-7-14/h1-13,23H,22H2,(H,24,25). The third-order valence-electron chi connectivity index (χ3n) is 4.55. The summed E-state index contributed by atoms with van der Waals surface area (Å²) in [6.07, 6.45) is 0. The molecule has 30 heavy (non-hydrogen) atoms. The van der Waals surface area contributed by atoms with E-state index in [1.807, 2.05) is 41.1 Å². The molecule has 9 heteroatoms. The third kappa shape index (κ3) is 3.90. The predicted octanol–water partition coefficient (Wildman–Crippen LogP) is 2.93. The minimum absolute atomic E-state index is 0.0774. The second kappa shape index (κ2) is 7.86. The summed E-state index contributed by atoms with van der Waals surface area (Å²) >= 11 is 0. The molecule has 4 aromatic rings. The molecule has 1 aromatic heterocycles. The fourth-order valence-corrected chi connectivity index (χ4v) is 5.24. The number of carbonyl (C=O) groups excluding carboxylic acids is 1. The summed E-state index contributed by atoms with van der Waals surface area (Å²) in [5.74, 6) is -0.794. The van der Waals surface area contributed by atoms with E-state index in [0.29, 0.717) is 0 Å². The molecule has 1 heterocycles. The van der Waals surface area contributed by atoms with Crippen LogP contribution in [0.4, 0.5) is 0 Å². The van der Waals surface area contributed by atoms with Gasteiger partial charge in [0.05, 0.1) is 4.90 Å². The van der Waals surface area contributed by atoms with Gasteiger partial charge in [0.15, 0.2) is 0 Å². The topological polar surface area (TPSA) is 122 Å². The average molecular weight is 440 g/mol. The number of sulfonamides is 1. The van der Waals surface area contributed by atoms with Crippen LogP contribution in [0.2, 0.25) is 0 Å². The molecule has 1 atom stereocenters. The number of rotatable bonds is 5. The number of H-pyrrole nitrogens is 1. The summed E-state index contributed by atoms with van der Waals surface area (Å²) in [7, 11) is -6.27. The number of fused-ring (bicyclic) bond motifs is 1. The Bertz CT molecular complexity index is 1380. The Kier molecular flexibility index (Phi) is 5.25.